The van der Waals surface area contributed by atoms with Crippen molar-refractivity contribution >= 4 is 19.4 Å². The Bertz CT molecular complexity index is 983. The van der Waals surface area contributed by atoms with Crippen LogP contribution in [0.1, 0.15) is 89.4 Å². The predicted molar refractivity (Wildman–Crippen MR) is 162 cm³/mol. The smallest absolute Gasteiger partial charge is 0.193 e. The lowest BCUT2D eigenvalue weighted by atomic mass is 10.0. The first kappa shape index (κ1) is 32.8. The molecular weight excluding hydrogens is 511 g/mol. The maximum atomic E-state index is 13.6. The molecule has 0 heterocycles. The lowest BCUT2D eigenvalue weighted by molar-refractivity contribution is 0.108. The number of benzene rings is 2. The summed E-state index contributed by atoms with van der Waals surface area (Å²) in [6, 6.07) is 9.28. The fourth-order valence-corrected chi connectivity index (χ4v) is 5.50. The minimum absolute atomic E-state index is 0.0893. The second kappa shape index (κ2) is 18.0. The van der Waals surface area contributed by atoms with Crippen molar-refractivity contribution in [1.29, 1.82) is 0 Å². The quantitative estimate of drug-likeness (QED) is 0.153. The molecule has 0 aliphatic rings. The molecule has 0 saturated carbocycles. The van der Waals surface area contributed by atoms with Crippen molar-refractivity contribution in [3.8, 4) is 28.7 Å². The molecule has 6 nitrogen and oxygen atoms in total. The molecular formula is C32H49O6P. The van der Waals surface area contributed by atoms with E-state index >= 15 is 0 Å². The average molecular weight is 561 g/mol. The van der Waals surface area contributed by atoms with Gasteiger partial charge in [0.1, 0.15) is 34.3 Å². The number of carbonyl (C=O) groups is 1. The number of hydrogen-bond acceptors (Lipinski definition) is 6. The van der Waals surface area contributed by atoms with E-state index in [2.05, 4.69) is 27.7 Å². The zero-order valence-corrected chi connectivity index (χ0v) is 26.1. The van der Waals surface area contributed by atoms with Gasteiger partial charge < -0.3 is 23.7 Å². The lowest BCUT2D eigenvalue weighted by Gasteiger charge is -2.20. The van der Waals surface area contributed by atoms with Gasteiger partial charge in [0, 0.05) is 23.5 Å². The predicted octanol–water partition coefficient (Wildman–Crippen LogP) is 8.05. The fourth-order valence-electron chi connectivity index (χ4n) is 4.45. The Morgan fingerprint density at radius 2 is 1.26 bits per heavy atom. The molecule has 0 aromatic heterocycles. The molecule has 0 aliphatic heterocycles. The van der Waals surface area contributed by atoms with E-state index in [0.717, 1.165) is 30.3 Å². The zero-order chi connectivity index (χ0) is 28.6. The summed E-state index contributed by atoms with van der Waals surface area (Å²) in [5.41, 5.74) is 0.315. The third-order valence-electron chi connectivity index (χ3n) is 7.19. The molecule has 0 fully saturated rings. The van der Waals surface area contributed by atoms with Crippen molar-refractivity contribution in [3.63, 3.8) is 0 Å². The number of unbranched alkanes of at least 4 members (excludes halogenated alkanes) is 2. The second-order valence-corrected chi connectivity index (χ2v) is 11.2. The van der Waals surface area contributed by atoms with E-state index in [1.807, 2.05) is 18.2 Å². The van der Waals surface area contributed by atoms with Gasteiger partial charge in [0.25, 0.3) is 0 Å². The summed E-state index contributed by atoms with van der Waals surface area (Å²) in [7, 11) is 4.48. The van der Waals surface area contributed by atoms with E-state index in [0.29, 0.717) is 53.6 Å². The van der Waals surface area contributed by atoms with Crippen LogP contribution in [0.2, 0.25) is 0 Å². The minimum Gasteiger partial charge on any atom is -0.496 e. The number of hydrogen-bond donors (Lipinski definition) is 0. The molecule has 2 aromatic rings. The van der Waals surface area contributed by atoms with Crippen LogP contribution >= 0.6 is 8.58 Å². The van der Waals surface area contributed by atoms with Crippen LogP contribution in [0, 0.1) is 11.8 Å². The second-order valence-electron chi connectivity index (χ2n) is 9.97. The van der Waals surface area contributed by atoms with Crippen molar-refractivity contribution in [3.05, 3.63) is 35.9 Å². The highest BCUT2D eigenvalue weighted by atomic mass is 31.1. The van der Waals surface area contributed by atoms with E-state index in [1.54, 1.807) is 33.5 Å². The normalized spacial score (nSPS) is 12.8. The van der Waals surface area contributed by atoms with E-state index in [1.165, 1.54) is 32.1 Å². The summed E-state index contributed by atoms with van der Waals surface area (Å²) in [5.74, 6) is 3.91. The van der Waals surface area contributed by atoms with Gasteiger partial charge in [-0.15, -0.1) is 0 Å². The van der Waals surface area contributed by atoms with Gasteiger partial charge >= 0.3 is 0 Å². The Balaban J connectivity index is 2.33. The molecule has 0 aliphatic carbocycles. The Hall–Kier alpha value is -2.46. The number of methoxy groups -OCH3 is 3. The van der Waals surface area contributed by atoms with Gasteiger partial charge in [0.2, 0.25) is 0 Å². The molecule has 0 saturated heterocycles. The fraction of sp³-hybridized carbons (Fsp3) is 0.594. The van der Waals surface area contributed by atoms with E-state index in [4.69, 9.17) is 23.7 Å². The van der Waals surface area contributed by atoms with Gasteiger partial charge in [-0.1, -0.05) is 66.2 Å². The Labute approximate surface area is 237 Å². The van der Waals surface area contributed by atoms with Gasteiger partial charge in [0.15, 0.2) is 5.52 Å². The largest absolute Gasteiger partial charge is 0.496 e. The summed E-state index contributed by atoms with van der Waals surface area (Å²) >= 11 is 0. The van der Waals surface area contributed by atoms with Crippen LogP contribution in [0.4, 0.5) is 0 Å². The standard InChI is InChI=1S/C32H49O6P/c1-8-12-14-23(10-3)21-37-25-16-17-30(27(18-25)38-22-24(11-4)15-13-9-2)39-32(33)31-28(35-6)19-26(34-5)20-29(31)36-7/h16-20,23-24,39H,8-15,21-22H2,1-7H3. The summed E-state index contributed by atoms with van der Waals surface area (Å²) in [6.07, 6.45) is 9.22. The van der Waals surface area contributed by atoms with E-state index < -0.39 is 0 Å². The molecule has 7 heteroatoms. The maximum Gasteiger partial charge on any atom is 0.193 e. The van der Waals surface area contributed by atoms with Crippen molar-refractivity contribution in [2.75, 3.05) is 34.5 Å². The molecule has 2 rings (SSSR count). The SMILES string of the molecule is CCCCC(CC)COc1ccc(PC(=O)c2c(OC)cc(OC)cc2OC)c(OCC(CC)CCCC)c1. The van der Waals surface area contributed by atoms with Gasteiger partial charge in [-0.25, -0.2) is 0 Å². The van der Waals surface area contributed by atoms with Gasteiger partial charge in [-0.05, 0) is 45.4 Å². The van der Waals surface area contributed by atoms with E-state index in [9.17, 15) is 4.79 Å². The summed E-state index contributed by atoms with van der Waals surface area (Å²) in [6.45, 7) is 10.2. The Kier molecular flexibility index (Phi) is 15.1. The topological polar surface area (TPSA) is 63.2 Å². The number of rotatable bonds is 20. The minimum atomic E-state index is -0.171. The molecule has 218 valence electrons. The highest BCUT2D eigenvalue weighted by molar-refractivity contribution is 7.66. The first-order valence-electron chi connectivity index (χ1n) is 14.4. The van der Waals surface area contributed by atoms with Gasteiger partial charge in [-0.3, -0.25) is 4.79 Å². The molecule has 0 spiro atoms. The Morgan fingerprint density at radius 3 is 1.74 bits per heavy atom. The van der Waals surface area contributed by atoms with Crippen LogP contribution in [-0.4, -0.2) is 40.1 Å². The lowest BCUT2D eigenvalue weighted by Crippen LogP contribution is -2.16. The molecule has 0 N–H and O–H groups in total. The molecule has 0 radical (unpaired) electrons. The van der Waals surface area contributed by atoms with Crippen LogP contribution in [-0.2, 0) is 0 Å². The monoisotopic (exact) mass is 560 g/mol. The third-order valence-corrected chi connectivity index (χ3v) is 8.35. The molecule has 3 unspecified atom stereocenters. The van der Waals surface area contributed by atoms with Gasteiger partial charge in [0.05, 0.1) is 34.5 Å². The molecule has 2 aromatic carbocycles. The van der Waals surface area contributed by atoms with Crippen LogP contribution < -0.4 is 29.0 Å². The first-order valence-corrected chi connectivity index (χ1v) is 15.4. The summed E-state index contributed by atoms with van der Waals surface area (Å²) in [5, 5.41) is 0.843. The maximum absolute atomic E-state index is 13.6. The average Bonchev–Trinajstić information content (AvgIpc) is 2.97. The number of carbonyl (C=O) groups excluding carboxylic acids is 1. The highest BCUT2D eigenvalue weighted by Crippen LogP contribution is 2.39. The van der Waals surface area contributed by atoms with Crippen molar-refractivity contribution in [2.45, 2.75) is 79.1 Å². The highest BCUT2D eigenvalue weighted by Gasteiger charge is 2.23. The first-order chi connectivity index (χ1) is 18.9. The molecule has 0 bridgehead atoms. The van der Waals surface area contributed by atoms with Crippen LogP contribution in [0.3, 0.4) is 0 Å². The van der Waals surface area contributed by atoms with Crippen molar-refractivity contribution in [2.24, 2.45) is 11.8 Å². The Morgan fingerprint density at radius 1 is 0.718 bits per heavy atom. The van der Waals surface area contributed by atoms with Crippen molar-refractivity contribution in [1.82, 2.24) is 0 Å². The summed E-state index contributed by atoms with van der Waals surface area (Å²) in [4.78, 5) is 13.6. The van der Waals surface area contributed by atoms with Crippen LogP contribution in [0.25, 0.3) is 0 Å². The van der Waals surface area contributed by atoms with Gasteiger partial charge in [-0.2, -0.15) is 0 Å². The molecule has 0 amide bonds. The molecule has 39 heavy (non-hydrogen) atoms. The van der Waals surface area contributed by atoms with E-state index in [-0.39, 0.29) is 14.1 Å². The van der Waals surface area contributed by atoms with Crippen LogP contribution in [0.15, 0.2) is 30.3 Å². The summed E-state index contributed by atoms with van der Waals surface area (Å²) < 4.78 is 29.0. The van der Waals surface area contributed by atoms with Crippen LogP contribution in [0.5, 0.6) is 28.7 Å². The molecule has 3 atom stereocenters. The number of ether oxygens (including phenoxy) is 5. The zero-order valence-electron chi connectivity index (χ0n) is 25.1. The van der Waals surface area contributed by atoms with Crippen molar-refractivity contribution < 1.29 is 28.5 Å². The third kappa shape index (κ3) is 10.2.